The van der Waals surface area contributed by atoms with Crippen LogP contribution in [0.1, 0.15) is 17.2 Å². The number of aliphatic imine (C=N–C) groups is 1. The minimum absolute atomic E-state index is 0.0549. The first-order chi connectivity index (χ1) is 12.6. The molecule has 0 unspecified atom stereocenters. The number of fused-ring (bicyclic) bond motifs is 1. The molecule has 1 aliphatic rings. The minimum Gasteiger partial charge on any atom is -0.349 e. The first kappa shape index (κ1) is 19.0. The largest absolute Gasteiger partial charge is 0.349 e. The first-order valence-electron chi connectivity index (χ1n) is 8.67. The molecule has 0 spiro atoms. The molecule has 0 aliphatic carbocycles. The van der Waals surface area contributed by atoms with Crippen molar-refractivity contribution in [1.29, 1.82) is 0 Å². The Morgan fingerprint density at radius 2 is 1.92 bits per heavy atom. The molecule has 0 radical (unpaired) electrons. The van der Waals surface area contributed by atoms with Crippen molar-refractivity contribution in [2.45, 2.75) is 11.8 Å². The molecule has 1 atom stereocenters. The number of para-hydroxylation sites is 1. The topological polar surface area (TPSA) is 45.9 Å². The molecule has 2 aromatic rings. The Labute approximate surface area is 163 Å². The van der Waals surface area contributed by atoms with Crippen molar-refractivity contribution in [3.63, 3.8) is 0 Å². The lowest BCUT2D eigenvalue weighted by Crippen LogP contribution is -3.07. The number of carbonyl (C=O) groups is 1. The molecule has 4 nitrogen and oxygen atoms in total. The maximum atomic E-state index is 12.3. The van der Waals surface area contributed by atoms with E-state index in [9.17, 15) is 4.79 Å². The highest BCUT2D eigenvalue weighted by molar-refractivity contribution is 8.38. The van der Waals surface area contributed by atoms with Gasteiger partial charge in [0.05, 0.1) is 32.1 Å². The van der Waals surface area contributed by atoms with Gasteiger partial charge in [0, 0.05) is 11.3 Å². The Balaban J connectivity index is 1.51. The van der Waals surface area contributed by atoms with E-state index in [1.54, 1.807) is 11.8 Å². The fraction of sp³-hybridized carbons (Fsp3) is 0.300. The van der Waals surface area contributed by atoms with Gasteiger partial charge in [0.25, 0.3) is 0 Å². The summed E-state index contributed by atoms with van der Waals surface area (Å²) in [6.07, 6.45) is 0. The van der Waals surface area contributed by atoms with E-state index in [4.69, 9.17) is 0 Å². The summed E-state index contributed by atoms with van der Waals surface area (Å²) >= 11 is 3.22. The van der Waals surface area contributed by atoms with Gasteiger partial charge in [0.15, 0.2) is 0 Å². The average molecular weight is 387 g/mol. The molecule has 1 heterocycles. The molecule has 136 valence electrons. The second-order valence-corrected chi connectivity index (χ2v) is 8.61. The van der Waals surface area contributed by atoms with Crippen LogP contribution in [0.3, 0.4) is 0 Å². The minimum atomic E-state index is 0.0549. The Bertz CT molecular complexity index is 778. The molecule has 1 aliphatic heterocycles. The number of nitrogens with zero attached hydrogens (tertiary/aromatic N) is 1. The van der Waals surface area contributed by atoms with Crippen molar-refractivity contribution in [1.82, 2.24) is 5.32 Å². The maximum Gasteiger partial charge on any atom is 0.230 e. The molecule has 26 heavy (non-hydrogen) atoms. The number of rotatable bonds is 6. The predicted molar refractivity (Wildman–Crippen MR) is 112 cm³/mol. The number of thioether (sulfide) groups is 2. The highest BCUT2D eigenvalue weighted by Crippen LogP contribution is 2.34. The van der Waals surface area contributed by atoms with Gasteiger partial charge in [0.2, 0.25) is 5.91 Å². The number of likely N-dealkylation sites (N-methyl/N-ethyl adjacent to an activating group) is 1. The molecule has 0 bridgehead atoms. The Hall–Kier alpha value is -1.76. The average Bonchev–Trinajstić information content (AvgIpc) is 2.67. The number of hydrogen-bond acceptors (Lipinski definition) is 4. The zero-order chi connectivity index (χ0) is 18.4. The summed E-state index contributed by atoms with van der Waals surface area (Å²) < 4.78 is 0.969. The van der Waals surface area contributed by atoms with Crippen molar-refractivity contribution in [3.8, 4) is 0 Å². The fourth-order valence-electron chi connectivity index (χ4n) is 2.82. The number of quaternary nitrogens is 1. The van der Waals surface area contributed by atoms with Crippen molar-refractivity contribution < 1.29 is 9.69 Å². The van der Waals surface area contributed by atoms with Gasteiger partial charge in [0.1, 0.15) is 10.4 Å². The van der Waals surface area contributed by atoms with E-state index in [-0.39, 0.29) is 11.9 Å². The number of benzene rings is 2. The lowest BCUT2D eigenvalue weighted by molar-refractivity contribution is -0.890. The number of carbonyl (C=O) groups excluding carboxylic acids is 1. The van der Waals surface area contributed by atoms with Crippen LogP contribution in [0, 0.1) is 0 Å². The molecule has 0 fully saturated rings. The summed E-state index contributed by atoms with van der Waals surface area (Å²) in [5, 5.41) is 3.08. The van der Waals surface area contributed by atoms with Crippen LogP contribution < -0.4 is 10.2 Å². The lowest BCUT2D eigenvalue weighted by Gasteiger charge is -2.22. The molecule has 0 saturated heterocycles. The predicted octanol–water partition coefficient (Wildman–Crippen LogP) is 2.66. The maximum absolute atomic E-state index is 12.3. The summed E-state index contributed by atoms with van der Waals surface area (Å²) in [6.45, 7) is 0.633. The normalized spacial score (nSPS) is 14.5. The van der Waals surface area contributed by atoms with E-state index in [2.05, 4.69) is 42.6 Å². The molecule has 2 N–H and O–H groups in total. The monoisotopic (exact) mass is 386 g/mol. The van der Waals surface area contributed by atoms with Crippen molar-refractivity contribution in [3.05, 3.63) is 65.7 Å². The number of amides is 1. The lowest BCUT2D eigenvalue weighted by atomic mass is 10.1. The van der Waals surface area contributed by atoms with Crippen LogP contribution in [0.25, 0.3) is 0 Å². The highest BCUT2D eigenvalue weighted by atomic mass is 32.2. The molecule has 0 saturated carbocycles. The molecular formula is C20H24N3OS2+. The Kier molecular flexibility index (Phi) is 6.77. The standard InChI is InChI=1S/C20H23N3OS2/c1-23(2)18(15-8-4-3-5-9-15)12-21-19(24)14-26-20-22-17-11-7-6-10-16(17)13-25-20/h3-11,18H,12-14H2,1-2H3,(H,21,24)/p+1/t18-/m1/s1. The van der Waals surface area contributed by atoms with Crippen molar-refractivity contribution >= 4 is 39.5 Å². The summed E-state index contributed by atoms with van der Waals surface area (Å²) in [4.78, 5) is 18.2. The van der Waals surface area contributed by atoms with Gasteiger partial charge in [-0.3, -0.25) is 4.79 Å². The first-order valence-corrected chi connectivity index (χ1v) is 10.6. The quantitative estimate of drug-likeness (QED) is 0.802. The Morgan fingerprint density at radius 3 is 2.69 bits per heavy atom. The second-order valence-electron chi connectivity index (χ2n) is 6.43. The highest BCUT2D eigenvalue weighted by Gasteiger charge is 2.19. The van der Waals surface area contributed by atoms with Crippen LogP contribution in [0.4, 0.5) is 5.69 Å². The molecule has 2 aromatic carbocycles. The van der Waals surface area contributed by atoms with Crippen LogP contribution in [0.2, 0.25) is 0 Å². The van der Waals surface area contributed by atoms with Crippen LogP contribution in [0.5, 0.6) is 0 Å². The van der Waals surface area contributed by atoms with E-state index >= 15 is 0 Å². The third kappa shape index (κ3) is 5.13. The van der Waals surface area contributed by atoms with Crippen LogP contribution >= 0.6 is 23.5 Å². The van der Waals surface area contributed by atoms with Gasteiger partial charge in [-0.25, -0.2) is 4.99 Å². The molecule has 3 rings (SSSR count). The SMILES string of the molecule is C[NH+](C)[C@H](CNC(=O)CSC1=Nc2ccccc2CS1)c1ccccc1. The van der Waals surface area contributed by atoms with Crippen molar-refractivity contribution in [2.75, 3.05) is 26.4 Å². The summed E-state index contributed by atoms with van der Waals surface area (Å²) in [5.41, 5.74) is 3.52. The van der Waals surface area contributed by atoms with Gasteiger partial charge in [-0.05, 0) is 11.6 Å². The third-order valence-electron chi connectivity index (χ3n) is 4.28. The van der Waals surface area contributed by atoms with Crippen LogP contribution in [-0.4, -0.2) is 36.7 Å². The third-order valence-corrected chi connectivity index (χ3v) is 6.53. The van der Waals surface area contributed by atoms with Gasteiger partial charge in [-0.2, -0.15) is 0 Å². The van der Waals surface area contributed by atoms with Gasteiger partial charge in [-0.1, -0.05) is 72.1 Å². The summed E-state index contributed by atoms with van der Waals surface area (Å²) in [6, 6.07) is 18.7. The fourth-order valence-corrected chi connectivity index (χ4v) is 4.71. The van der Waals surface area contributed by atoms with Crippen LogP contribution in [0.15, 0.2) is 59.6 Å². The molecule has 6 heteroatoms. The Morgan fingerprint density at radius 1 is 1.19 bits per heavy atom. The zero-order valence-electron chi connectivity index (χ0n) is 15.1. The van der Waals surface area contributed by atoms with Crippen molar-refractivity contribution in [2.24, 2.45) is 4.99 Å². The van der Waals surface area contributed by atoms with E-state index in [0.717, 1.165) is 15.8 Å². The zero-order valence-corrected chi connectivity index (χ0v) is 16.7. The number of hydrogen-bond donors (Lipinski definition) is 2. The summed E-state index contributed by atoms with van der Waals surface area (Å²) in [5.74, 6) is 1.38. The smallest absolute Gasteiger partial charge is 0.230 e. The molecular weight excluding hydrogens is 362 g/mol. The molecule has 0 aromatic heterocycles. The number of nitrogens with one attached hydrogen (secondary N) is 2. The van der Waals surface area contributed by atoms with Gasteiger partial charge in [-0.15, -0.1) is 0 Å². The van der Waals surface area contributed by atoms with E-state index in [1.165, 1.54) is 27.8 Å². The molecule has 1 amide bonds. The summed E-state index contributed by atoms with van der Waals surface area (Å²) in [7, 11) is 4.23. The van der Waals surface area contributed by atoms with E-state index < -0.39 is 0 Å². The van der Waals surface area contributed by atoms with Gasteiger partial charge < -0.3 is 10.2 Å². The van der Waals surface area contributed by atoms with E-state index in [0.29, 0.717) is 12.3 Å². The van der Waals surface area contributed by atoms with Gasteiger partial charge >= 0.3 is 0 Å². The van der Waals surface area contributed by atoms with Crippen LogP contribution in [-0.2, 0) is 10.5 Å². The van der Waals surface area contributed by atoms with E-state index in [1.807, 2.05) is 36.4 Å². The second kappa shape index (κ2) is 9.26.